The fourth-order valence-corrected chi connectivity index (χ4v) is 1.29. The van der Waals surface area contributed by atoms with Crippen LogP contribution in [0.1, 0.15) is 0 Å². The molecule has 10 N–H and O–H groups in total. The molecule has 14 heavy (non-hydrogen) atoms. The van der Waals surface area contributed by atoms with E-state index in [0.717, 1.165) is 0 Å². The van der Waals surface area contributed by atoms with Crippen molar-refractivity contribution >= 4 is 0 Å². The Morgan fingerprint density at radius 3 is 2.64 bits per heavy atom. The average Bonchev–Trinajstić information content (AvgIpc) is 2.42. The maximum absolute atomic E-state index is 5.70. The third-order valence-electron chi connectivity index (χ3n) is 1.97. The second-order valence-corrected chi connectivity index (χ2v) is 2.88. The summed E-state index contributed by atoms with van der Waals surface area (Å²) in [7, 11) is 0. The fraction of sp³-hybridized carbons (Fsp3) is 1.00. The van der Waals surface area contributed by atoms with Gasteiger partial charge in [0.25, 0.3) is 0 Å². The molecule has 1 heterocycles. The van der Waals surface area contributed by atoms with Crippen LogP contribution >= 0.6 is 0 Å². The molecule has 1 aliphatic rings. The molecule has 0 aromatic rings. The molecule has 0 aromatic carbocycles. The Hall–Kier alpha value is -0.360. The summed E-state index contributed by atoms with van der Waals surface area (Å²) in [5, 5.41) is 0. The van der Waals surface area contributed by atoms with E-state index >= 15 is 0 Å². The van der Waals surface area contributed by atoms with E-state index in [4.69, 9.17) is 32.8 Å². The molecular weight excluding hydrogens is 192 g/mol. The number of rotatable bonds is 5. The first-order valence-corrected chi connectivity index (χ1v) is 4.05. The zero-order valence-corrected chi connectivity index (χ0v) is 7.55. The largest absolute Gasteiger partial charge is 0.353 e. The van der Waals surface area contributed by atoms with E-state index in [-0.39, 0.29) is 6.61 Å². The van der Waals surface area contributed by atoms with Crippen LogP contribution in [0.5, 0.6) is 0 Å². The molecule has 84 valence electrons. The second kappa shape index (κ2) is 5.50. The first kappa shape index (κ1) is 11.7. The number of nitrogens with two attached hydrogens (primary N) is 4. The van der Waals surface area contributed by atoms with Gasteiger partial charge in [0.1, 0.15) is 18.4 Å². The van der Waals surface area contributed by atoms with E-state index in [1.54, 1.807) is 0 Å². The van der Waals surface area contributed by atoms with Gasteiger partial charge >= 0.3 is 0 Å². The number of hydrazine groups is 2. The predicted molar refractivity (Wildman–Crippen MR) is 46.3 cm³/mol. The van der Waals surface area contributed by atoms with E-state index < -0.39 is 24.5 Å². The number of hydrogen-bond acceptors (Lipinski definition) is 9. The summed E-state index contributed by atoms with van der Waals surface area (Å²) >= 11 is 0. The summed E-state index contributed by atoms with van der Waals surface area (Å²) in [4.78, 5) is 9.49. The van der Waals surface area contributed by atoms with Crippen LogP contribution in [0.4, 0.5) is 0 Å². The van der Waals surface area contributed by atoms with E-state index in [1.165, 1.54) is 0 Å². The van der Waals surface area contributed by atoms with Crippen LogP contribution in [0.3, 0.4) is 0 Å². The zero-order chi connectivity index (χ0) is 10.6. The Morgan fingerprint density at radius 2 is 2.07 bits per heavy atom. The van der Waals surface area contributed by atoms with Gasteiger partial charge in [0.15, 0.2) is 0 Å². The van der Waals surface area contributed by atoms with Crippen molar-refractivity contribution in [1.29, 1.82) is 0 Å². The Morgan fingerprint density at radius 1 is 1.36 bits per heavy atom. The van der Waals surface area contributed by atoms with Crippen LogP contribution in [-0.4, -0.2) is 31.1 Å². The molecule has 0 saturated carbocycles. The van der Waals surface area contributed by atoms with Crippen LogP contribution < -0.4 is 34.3 Å². The molecule has 4 atom stereocenters. The second-order valence-electron chi connectivity index (χ2n) is 2.88. The first-order chi connectivity index (χ1) is 6.70. The van der Waals surface area contributed by atoms with Crippen LogP contribution in [0.15, 0.2) is 0 Å². The highest BCUT2D eigenvalue weighted by atomic mass is 16.7. The van der Waals surface area contributed by atoms with Crippen molar-refractivity contribution in [2.45, 2.75) is 24.5 Å². The fourth-order valence-electron chi connectivity index (χ4n) is 1.29. The van der Waals surface area contributed by atoms with Crippen LogP contribution in [0.25, 0.3) is 0 Å². The highest BCUT2D eigenvalue weighted by Gasteiger charge is 2.42. The Balaban J connectivity index is 2.47. The molecule has 1 aliphatic heterocycles. The standard InChI is InChI=1S/C5H16N6O3/c6-3-4(14-11-10-8)2(1-12-9)13-5(3)7/h2-5,10-11H,1,6-9H2/t2-,3?,4?,5-/m1/s1. The molecule has 0 amide bonds. The lowest BCUT2D eigenvalue weighted by Crippen LogP contribution is -2.51. The topological polar surface area (TPSA) is 156 Å². The minimum atomic E-state index is -0.611. The van der Waals surface area contributed by atoms with Gasteiger partial charge in [-0.1, -0.05) is 0 Å². The van der Waals surface area contributed by atoms with Gasteiger partial charge in [-0.15, -0.1) is 5.59 Å². The van der Waals surface area contributed by atoms with E-state index in [0.29, 0.717) is 0 Å². The van der Waals surface area contributed by atoms with Gasteiger partial charge in [-0.2, -0.15) is 5.53 Å². The van der Waals surface area contributed by atoms with Gasteiger partial charge in [-0.3, -0.25) is 10.7 Å². The number of nitrogens with one attached hydrogen (secondary N) is 2. The van der Waals surface area contributed by atoms with Crippen LogP contribution in [0, 0.1) is 0 Å². The molecule has 0 bridgehead atoms. The first-order valence-electron chi connectivity index (χ1n) is 4.05. The summed E-state index contributed by atoms with van der Waals surface area (Å²) in [6.45, 7) is 0.137. The molecule has 1 fully saturated rings. The molecule has 0 aromatic heterocycles. The SMILES string of the molecule is NNNOC1C(N)[C@H](N)O[C@@H]1CON. The minimum absolute atomic E-state index is 0.137. The molecule has 1 rings (SSSR count). The third-order valence-corrected chi connectivity index (χ3v) is 1.97. The van der Waals surface area contributed by atoms with E-state index in [9.17, 15) is 0 Å². The van der Waals surface area contributed by atoms with Gasteiger partial charge in [0, 0.05) is 0 Å². The lowest BCUT2D eigenvalue weighted by atomic mass is 10.1. The van der Waals surface area contributed by atoms with Crippen molar-refractivity contribution in [3.05, 3.63) is 0 Å². The molecule has 9 heteroatoms. The summed E-state index contributed by atoms with van der Waals surface area (Å²) in [5.41, 5.74) is 15.6. The van der Waals surface area contributed by atoms with Gasteiger partial charge < -0.3 is 21.0 Å². The summed E-state index contributed by atoms with van der Waals surface area (Å²) in [5.74, 6) is 9.86. The monoisotopic (exact) mass is 208 g/mol. The highest BCUT2D eigenvalue weighted by Crippen LogP contribution is 2.18. The van der Waals surface area contributed by atoms with Crippen LogP contribution in [0.2, 0.25) is 0 Å². The van der Waals surface area contributed by atoms with Gasteiger partial charge in [0.05, 0.1) is 12.6 Å². The minimum Gasteiger partial charge on any atom is -0.353 e. The summed E-state index contributed by atoms with van der Waals surface area (Å²) < 4.78 is 5.24. The Labute approximate surface area is 80.8 Å². The van der Waals surface area contributed by atoms with Crippen LogP contribution in [-0.2, 0) is 14.4 Å². The highest BCUT2D eigenvalue weighted by molar-refractivity contribution is 4.91. The normalized spacial score (nSPS) is 37.7. The van der Waals surface area contributed by atoms with Gasteiger partial charge in [-0.05, 0) is 0 Å². The van der Waals surface area contributed by atoms with Gasteiger partial charge in [0.2, 0.25) is 0 Å². The lowest BCUT2D eigenvalue weighted by molar-refractivity contribution is -0.105. The molecule has 2 unspecified atom stereocenters. The quantitative estimate of drug-likeness (QED) is 0.197. The van der Waals surface area contributed by atoms with Crippen molar-refractivity contribution < 1.29 is 14.4 Å². The number of ether oxygens (including phenoxy) is 1. The van der Waals surface area contributed by atoms with Crippen molar-refractivity contribution in [3.8, 4) is 0 Å². The summed E-state index contributed by atoms with van der Waals surface area (Å²) in [6.07, 6.45) is -1.52. The third kappa shape index (κ3) is 2.57. The predicted octanol–water partition coefficient (Wildman–Crippen LogP) is -3.84. The smallest absolute Gasteiger partial charge is 0.128 e. The molecular formula is C5H16N6O3. The van der Waals surface area contributed by atoms with E-state index in [2.05, 4.69) is 16.0 Å². The van der Waals surface area contributed by atoms with Crippen molar-refractivity contribution in [2.75, 3.05) is 6.61 Å². The molecule has 0 spiro atoms. The Kier molecular flexibility index (Phi) is 4.60. The molecule has 9 nitrogen and oxygen atoms in total. The average molecular weight is 208 g/mol. The van der Waals surface area contributed by atoms with Crippen molar-refractivity contribution in [1.82, 2.24) is 11.1 Å². The Bertz CT molecular complexity index is 172. The molecule has 1 saturated heterocycles. The van der Waals surface area contributed by atoms with Crippen molar-refractivity contribution in [3.63, 3.8) is 0 Å². The zero-order valence-electron chi connectivity index (χ0n) is 7.55. The number of hydrogen-bond donors (Lipinski definition) is 6. The molecule has 0 radical (unpaired) electrons. The molecule has 0 aliphatic carbocycles. The van der Waals surface area contributed by atoms with E-state index in [1.807, 2.05) is 0 Å². The maximum Gasteiger partial charge on any atom is 0.128 e. The van der Waals surface area contributed by atoms with Crippen molar-refractivity contribution in [2.24, 2.45) is 23.2 Å². The lowest BCUT2D eigenvalue weighted by Gasteiger charge is -2.19. The van der Waals surface area contributed by atoms with Gasteiger partial charge in [-0.25, -0.2) is 5.90 Å². The maximum atomic E-state index is 5.70. The summed E-state index contributed by atoms with van der Waals surface area (Å²) in [6, 6.07) is -0.476.